The Hall–Kier alpha value is -1.41. The van der Waals surface area contributed by atoms with Crippen molar-refractivity contribution >= 4 is 5.91 Å². The van der Waals surface area contributed by atoms with Gasteiger partial charge in [0.2, 0.25) is 0 Å². The molecule has 1 unspecified atom stereocenters. The third-order valence-corrected chi connectivity index (χ3v) is 3.44. The highest BCUT2D eigenvalue weighted by Gasteiger charge is 2.33. The molecule has 0 aromatic carbocycles. The SMILES string of the molecule is Cc1cc(CN2CC(CO)OC(C)(C)C2)oc1C(=O)NN. The predicted octanol–water partition coefficient (Wildman–Crippen LogP) is 0.163. The van der Waals surface area contributed by atoms with Crippen LogP contribution in [0.15, 0.2) is 10.5 Å². The van der Waals surface area contributed by atoms with E-state index in [0.717, 1.165) is 12.1 Å². The van der Waals surface area contributed by atoms with Crippen molar-refractivity contribution in [3.8, 4) is 0 Å². The number of carbonyl (C=O) groups is 1. The lowest BCUT2D eigenvalue weighted by Crippen LogP contribution is -2.53. The molecule has 0 saturated carbocycles. The van der Waals surface area contributed by atoms with E-state index < -0.39 is 5.91 Å². The number of aliphatic hydroxyl groups is 1. The maximum atomic E-state index is 11.5. The van der Waals surface area contributed by atoms with Gasteiger partial charge in [-0.15, -0.1) is 0 Å². The fraction of sp³-hybridized carbons (Fsp3) is 0.643. The maximum Gasteiger partial charge on any atom is 0.301 e. The highest BCUT2D eigenvalue weighted by Crippen LogP contribution is 2.24. The predicted molar refractivity (Wildman–Crippen MR) is 76.4 cm³/mol. The van der Waals surface area contributed by atoms with E-state index in [9.17, 15) is 9.90 Å². The number of rotatable bonds is 4. The summed E-state index contributed by atoms with van der Waals surface area (Å²) in [5.41, 5.74) is 2.49. The monoisotopic (exact) mass is 297 g/mol. The van der Waals surface area contributed by atoms with Crippen molar-refractivity contribution in [1.82, 2.24) is 10.3 Å². The summed E-state index contributed by atoms with van der Waals surface area (Å²) in [5, 5.41) is 9.32. The Balaban J connectivity index is 2.09. The van der Waals surface area contributed by atoms with Crippen molar-refractivity contribution < 1.29 is 19.1 Å². The molecule has 1 aromatic rings. The van der Waals surface area contributed by atoms with E-state index in [1.165, 1.54) is 0 Å². The van der Waals surface area contributed by atoms with Gasteiger partial charge in [-0.25, -0.2) is 5.84 Å². The van der Waals surface area contributed by atoms with Gasteiger partial charge in [0.05, 0.1) is 24.9 Å². The summed E-state index contributed by atoms with van der Waals surface area (Å²) in [5.74, 6) is 5.62. The van der Waals surface area contributed by atoms with E-state index >= 15 is 0 Å². The lowest BCUT2D eigenvalue weighted by molar-refractivity contribution is -0.151. The lowest BCUT2D eigenvalue weighted by Gasteiger charge is -2.42. The Morgan fingerprint density at radius 1 is 1.62 bits per heavy atom. The topological polar surface area (TPSA) is 101 Å². The molecule has 1 aliphatic heterocycles. The molecule has 2 rings (SSSR count). The van der Waals surface area contributed by atoms with Crippen molar-refractivity contribution in [2.75, 3.05) is 19.7 Å². The largest absolute Gasteiger partial charge is 0.454 e. The number of aryl methyl sites for hydroxylation is 1. The van der Waals surface area contributed by atoms with Crippen LogP contribution < -0.4 is 11.3 Å². The minimum absolute atomic E-state index is 0.0159. The molecule has 7 nitrogen and oxygen atoms in total. The third kappa shape index (κ3) is 3.82. The number of aliphatic hydroxyl groups excluding tert-OH is 1. The average Bonchev–Trinajstić information content (AvgIpc) is 2.76. The van der Waals surface area contributed by atoms with Crippen LogP contribution in [0.5, 0.6) is 0 Å². The first-order valence-corrected chi connectivity index (χ1v) is 6.96. The Labute approximate surface area is 124 Å². The molecule has 1 aromatic heterocycles. The number of nitrogen functional groups attached to an aromatic ring is 1. The number of furan rings is 1. The number of hydrazine groups is 1. The maximum absolute atomic E-state index is 11.5. The quantitative estimate of drug-likeness (QED) is 0.416. The number of hydrogen-bond acceptors (Lipinski definition) is 6. The van der Waals surface area contributed by atoms with Crippen molar-refractivity contribution in [2.45, 2.75) is 39.0 Å². The standard InChI is InChI=1S/C14H23N3O4/c1-9-4-10(20-12(9)13(19)16-15)5-17-6-11(7-18)21-14(2,3)8-17/h4,11,18H,5-8,15H2,1-3H3,(H,16,19). The molecule has 2 heterocycles. The molecule has 1 saturated heterocycles. The number of nitrogens with one attached hydrogen (secondary N) is 1. The molecule has 0 spiro atoms. The highest BCUT2D eigenvalue weighted by atomic mass is 16.5. The van der Waals surface area contributed by atoms with E-state index in [0.29, 0.717) is 18.8 Å². The van der Waals surface area contributed by atoms with Crippen molar-refractivity contribution in [3.63, 3.8) is 0 Å². The molecule has 0 radical (unpaired) electrons. The van der Waals surface area contributed by atoms with Gasteiger partial charge in [0, 0.05) is 18.7 Å². The number of morpholine rings is 1. The molecule has 1 amide bonds. The summed E-state index contributed by atoms with van der Waals surface area (Å²) in [7, 11) is 0. The smallest absolute Gasteiger partial charge is 0.301 e. The van der Waals surface area contributed by atoms with Crippen LogP contribution >= 0.6 is 0 Å². The van der Waals surface area contributed by atoms with Crippen LogP contribution in [0.25, 0.3) is 0 Å². The van der Waals surface area contributed by atoms with E-state index in [1.54, 1.807) is 6.92 Å². The van der Waals surface area contributed by atoms with Gasteiger partial charge in [-0.1, -0.05) is 0 Å². The summed E-state index contributed by atoms with van der Waals surface area (Å²) in [6.07, 6.45) is -0.211. The van der Waals surface area contributed by atoms with Gasteiger partial charge < -0.3 is 14.3 Å². The summed E-state index contributed by atoms with van der Waals surface area (Å²) < 4.78 is 11.3. The first kappa shape index (κ1) is 16.0. The molecule has 7 heteroatoms. The molecular weight excluding hydrogens is 274 g/mol. The highest BCUT2D eigenvalue weighted by molar-refractivity contribution is 5.92. The number of nitrogens with zero attached hydrogens (tertiary/aromatic N) is 1. The lowest BCUT2D eigenvalue weighted by atomic mass is 10.1. The molecule has 0 aliphatic carbocycles. The fourth-order valence-corrected chi connectivity index (χ4v) is 2.77. The summed E-state index contributed by atoms with van der Waals surface area (Å²) in [6, 6.07) is 1.83. The fourth-order valence-electron chi connectivity index (χ4n) is 2.77. The molecule has 4 N–H and O–H groups in total. The van der Waals surface area contributed by atoms with Gasteiger partial charge in [-0.2, -0.15) is 0 Å². The number of amides is 1. The van der Waals surface area contributed by atoms with Crippen molar-refractivity contribution in [1.29, 1.82) is 0 Å². The normalized spacial score (nSPS) is 22.2. The van der Waals surface area contributed by atoms with Gasteiger partial charge in [-0.3, -0.25) is 15.1 Å². The Kier molecular flexibility index (Phi) is 4.67. The van der Waals surface area contributed by atoms with E-state index in [4.69, 9.17) is 15.0 Å². The zero-order valence-corrected chi connectivity index (χ0v) is 12.7. The molecule has 118 valence electrons. The molecular formula is C14H23N3O4. The van der Waals surface area contributed by atoms with Crippen LogP contribution in [0.3, 0.4) is 0 Å². The van der Waals surface area contributed by atoms with Gasteiger partial charge in [-0.05, 0) is 26.8 Å². The second-order valence-corrected chi connectivity index (χ2v) is 6.05. The first-order chi connectivity index (χ1) is 9.84. The summed E-state index contributed by atoms with van der Waals surface area (Å²) in [6.45, 7) is 7.67. The first-order valence-electron chi connectivity index (χ1n) is 6.96. The van der Waals surface area contributed by atoms with Crippen molar-refractivity contribution in [2.24, 2.45) is 5.84 Å². The van der Waals surface area contributed by atoms with E-state index in [1.807, 2.05) is 19.9 Å². The van der Waals surface area contributed by atoms with Crippen molar-refractivity contribution in [3.05, 3.63) is 23.2 Å². The molecule has 1 atom stereocenters. The number of nitrogens with two attached hydrogens (primary N) is 1. The van der Waals surface area contributed by atoms with Crippen LogP contribution in [0.1, 0.15) is 35.7 Å². The average molecular weight is 297 g/mol. The van der Waals surface area contributed by atoms with Gasteiger partial charge in [0.15, 0.2) is 5.76 Å². The molecule has 1 fully saturated rings. The van der Waals surface area contributed by atoms with Crippen LogP contribution in [-0.4, -0.2) is 47.3 Å². The number of hydrogen-bond donors (Lipinski definition) is 3. The number of ether oxygens (including phenoxy) is 1. The number of carbonyl (C=O) groups excluding carboxylic acids is 1. The van der Waals surface area contributed by atoms with Crippen LogP contribution in [0.2, 0.25) is 0 Å². The van der Waals surface area contributed by atoms with Gasteiger partial charge >= 0.3 is 5.91 Å². The molecule has 21 heavy (non-hydrogen) atoms. The van der Waals surface area contributed by atoms with Gasteiger partial charge in [0.1, 0.15) is 5.76 Å². The zero-order chi connectivity index (χ0) is 15.6. The Bertz CT molecular complexity index is 512. The second-order valence-electron chi connectivity index (χ2n) is 6.05. The minimum atomic E-state index is -0.436. The van der Waals surface area contributed by atoms with Crippen LogP contribution in [-0.2, 0) is 11.3 Å². The van der Waals surface area contributed by atoms with E-state index in [-0.39, 0.29) is 24.1 Å². The summed E-state index contributed by atoms with van der Waals surface area (Å²) in [4.78, 5) is 13.7. The molecule has 0 bridgehead atoms. The van der Waals surface area contributed by atoms with Crippen LogP contribution in [0, 0.1) is 6.92 Å². The van der Waals surface area contributed by atoms with Crippen LogP contribution in [0.4, 0.5) is 0 Å². The molecule has 1 aliphatic rings. The second kappa shape index (κ2) is 6.15. The third-order valence-electron chi connectivity index (χ3n) is 3.44. The minimum Gasteiger partial charge on any atom is -0.454 e. The Morgan fingerprint density at radius 3 is 2.95 bits per heavy atom. The zero-order valence-electron chi connectivity index (χ0n) is 12.7. The summed E-state index contributed by atoms with van der Waals surface area (Å²) >= 11 is 0. The van der Waals surface area contributed by atoms with Gasteiger partial charge in [0.25, 0.3) is 0 Å². The van der Waals surface area contributed by atoms with E-state index in [2.05, 4.69) is 10.3 Å². The Morgan fingerprint density at radius 2 is 2.33 bits per heavy atom.